The first-order chi connectivity index (χ1) is 15.0. The van der Waals surface area contributed by atoms with Crippen molar-refractivity contribution < 1.29 is 14.5 Å². The van der Waals surface area contributed by atoms with Gasteiger partial charge >= 0.3 is 5.91 Å². The molecule has 170 valence electrons. The third kappa shape index (κ3) is 2.36. The second-order valence-electron chi connectivity index (χ2n) is 9.16. The third-order valence-corrected chi connectivity index (χ3v) is 5.98. The van der Waals surface area contributed by atoms with Crippen molar-refractivity contribution in [2.75, 3.05) is 0 Å². The van der Waals surface area contributed by atoms with E-state index in [1.165, 1.54) is 17.4 Å². The van der Waals surface area contributed by atoms with Crippen molar-refractivity contribution in [1.29, 1.82) is 10.5 Å². The van der Waals surface area contributed by atoms with Gasteiger partial charge in [-0.15, -0.1) is 0 Å². The first-order valence-electron chi connectivity index (χ1n) is 10.5. The number of carbonyl (C=O) groups is 1. The van der Waals surface area contributed by atoms with Crippen LogP contribution < -0.4 is 5.73 Å². The van der Waals surface area contributed by atoms with Gasteiger partial charge < -0.3 is 15.4 Å². The molecule has 0 aromatic rings. The Kier molecular flexibility index (Phi) is 5.29. The van der Waals surface area contributed by atoms with E-state index in [2.05, 4.69) is 32.5 Å². The lowest BCUT2D eigenvalue weighted by Gasteiger charge is -2.29. The van der Waals surface area contributed by atoms with Crippen LogP contribution in [0.2, 0.25) is 0 Å². The van der Waals surface area contributed by atoms with E-state index in [0.29, 0.717) is 0 Å². The van der Waals surface area contributed by atoms with Crippen LogP contribution in [-0.2, 0) is 14.5 Å². The molecule has 1 spiro atoms. The average Bonchev–Trinajstić information content (AvgIpc) is 3.10. The first kappa shape index (κ1) is 23.2. The van der Waals surface area contributed by atoms with E-state index in [4.69, 9.17) is 15.4 Å². The van der Waals surface area contributed by atoms with Gasteiger partial charge in [0.15, 0.2) is 5.41 Å². The molecule has 1 aliphatic carbocycles. The Labute approximate surface area is 187 Å². The first-order valence-corrected chi connectivity index (χ1v) is 10.5. The zero-order valence-corrected chi connectivity index (χ0v) is 19.3. The molecule has 0 saturated heterocycles. The van der Waals surface area contributed by atoms with Gasteiger partial charge in [-0.1, -0.05) is 38.0 Å². The number of hydrazone groups is 1. The minimum atomic E-state index is -2.25. The summed E-state index contributed by atoms with van der Waals surface area (Å²) in [7, 11) is 0. The summed E-state index contributed by atoms with van der Waals surface area (Å²) in [5.74, 6) is -3.03. The Hall–Kier alpha value is -3.47. The number of amidine groups is 1. The highest BCUT2D eigenvalue weighted by Crippen LogP contribution is 2.87. The molecule has 1 amide bonds. The van der Waals surface area contributed by atoms with Crippen molar-refractivity contribution in [3.05, 3.63) is 0 Å². The van der Waals surface area contributed by atoms with Crippen molar-refractivity contribution in [2.45, 2.75) is 60.4 Å². The fourth-order valence-electron chi connectivity index (χ4n) is 4.67. The van der Waals surface area contributed by atoms with Gasteiger partial charge in [-0.2, -0.15) is 20.6 Å². The van der Waals surface area contributed by atoms with Crippen LogP contribution in [0.1, 0.15) is 48.5 Å². The minimum absolute atomic E-state index is 0.00807. The Morgan fingerprint density at radius 2 is 1.59 bits per heavy atom. The smallest absolute Gasteiger partial charge is 0.386 e. The molecule has 4 atom stereocenters. The van der Waals surface area contributed by atoms with E-state index < -0.39 is 28.1 Å². The standard InChI is InChI=1S/C21H28N8O3/c1-12(2)8-25-31-21(32-26-9-13(3)4)19(11-23)18(10-22,16(24)27-21)20(19)15(7)28-29(14(5)6)17(20)30/h8-9,12-14H,1-7H3,(H2,24,27)/b25-8-,26-9+. The maximum atomic E-state index is 13.7. The molecule has 0 aromatic carbocycles. The lowest BCUT2D eigenvalue weighted by Crippen LogP contribution is -2.48. The van der Waals surface area contributed by atoms with E-state index >= 15 is 0 Å². The Balaban J connectivity index is 2.27. The van der Waals surface area contributed by atoms with Crippen LogP contribution in [0.4, 0.5) is 0 Å². The quantitative estimate of drug-likeness (QED) is 0.361. The zero-order chi connectivity index (χ0) is 24.1. The molecule has 2 N–H and O–H groups in total. The number of hydrogen-bond acceptors (Lipinski definition) is 10. The number of nitrogens with zero attached hydrogens (tertiary/aromatic N) is 7. The van der Waals surface area contributed by atoms with Crippen LogP contribution in [0.15, 0.2) is 20.4 Å². The fraction of sp³-hybridized carbons (Fsp3) is 0.667. The molecular weight excluding hydrogens is 412 g/mol. The number of nitrogens with two attached hydrogens (primary N) is 1. The number of oxime groups is 2. The summed E-state index contributed by atoms with van der Waals surface area (Å²) in [4.78, 5) is 29.3. The number of nitriles is 2. The van der Waals surface area contributed by atoms with Gasteiger partial charge in [-0.05, 0) is 32.6 Å². The zero-order valence-electron chi connectivity index (χ0n) is 19.3. The van der Waals surface area contributed by atoms with Gasteiger partial charge in [-0.25, -0.2) is 5.01 Å². The normalized spacial score (nSPS) is 35.6. The molecule has 3 aliphatic rings. The largest absolute Gasteiger partial charge is 0.422 e. The van der Waals surface area contributed by atoms with Gasteiger partial charge in [0.05, 0.1) is 17.9 Å². The Morgan fingerprint density at radius 1 is 1.06 bits per heavy atom. The maximum Gasteiger partial charge on any atom is 0.422 e. The Morgan fingerprint density at radius 3 is 1.97 bits per heavy atom. The van der Waals surface area contributed by atoms with Crippen LogP contribution in [0, 0.1) is 50.7 Å². The van der Waals surface area contributed by atoms with Crippen LogP contribution in [0.25, 0.3) is 0 Å². The van der Waals surface area contributed by atoms with Crippen LogP contribution in [0.3, 0.4) is 0 Å². The molecule has 1 saturated carbocycles. The van der Waals surface area contributed by atoms with Crippen molar-refractivity contribution in [3.63, 3.8) is 0 Å². The third-order valence-electron chi connectivity index (χ3n) is 5.98. The van der Waals surface area contributed by atoms with Gasteiger partial charge in [0.1, 0.15) is 11.3 Å². The molecule has 0 aromatic heterocycles. The number of fused-ring (bicyclic) bond motifs is 3. The number of hydrogen-bond donors (Lipinski definition) is 1. The van der Waals surface area contributed by atoms with Crippen molar-refractivity contribution in [2.24, 2.45) is 54.2 Å². The monoisotopic (exact) mass is 440 g/mol. The molecule has 4 unspecified atom stereocenters. The molecule has 2 heterocycles. The SMILES string of the molecule is CC1=NN(C(C)C)C(=O)C12C1(C#N)C(N)=NC(O/N=C\C(C)C)(O/N=C/C(C)C)C12C#N. The van der Waals surface area contributed by atoms with Crippen LogP contribution in [-0.4, -0.2) is 46.8 Å². The lowest BCUT2D eigenvalue weighted by atomic mass is 9.85. The van der Waals surface area contributed by atoms with E-state index in [-0.39, 0.29) is 29.4 Å². The summed E-state index contributed by atoms with van der Waals surface area (Å²) in [5, 5.41) is 34.3. The van der Waals surface area contributed by atoms with Gasteiger partial charge in [0.2, 0.25) is 5.41 Å². The number of aliphatic imine (C=N–C) groups is 1. The molecule has 32 heavy (non-hydrogen) atoms. The lowest BCUT2D eigenvalue weighted by molar-refractivity contribution is -0.264. The average molecular weight is 441 g/mol. The highest BCUT2D eigenvalue weighted by Gasteiger charge is 3.08. The molecule has 0 bridgehead atoms. The van der Waals surface area contributed by atoms with Gasteiger partial charge in [0, 0.05) is 18.5 Å². The van der Waals surface area contributed by atoms with Crippen LogP contribution >= 0.6 is 0 Å². The predicted molar refractivity (Wildman–Crippen MR) is 117 cm³/mol. The summed E-state index contributed by atoms with van der Waals surface area (Å²) in [6.45, 7) is 12.6. The number of carbonyl (C=O) groups excluding carboxylic acids is 1. The molecule has 0 radical (unpaired) electrons. The molecule has 2 aliphatic heterocycles. The summed E-state index contributed by atoms with van der Waals surface area (Å²) < 4.78 is 0. The number of rotatable bonds is 7. The van der Waals surface area contributed by atoms with Crippen molar-refractivity contribution in [3.8, 4) is 12.1 Å². The predicted octanol–water partition coefficient (Wildman–Crippen LogP) is 1.97. The maximum absolute atomic E-state index is 13.7. The van der Waals surface area contributed by atoms with Crippen molar-refractivity contribution >= 4 is 29.9 Å². The summed E-state index contributed by atoms with van der Waals surface area (Å²) in [6.07, 6.45) is 2.96. The summed E-state index contributed by atoms with van der Waals surface area (Å²) in [6, 6.07) is 3.90. The minimum Gasteiger partial charge on any atom is -0.386 e. The molecule has 11 nitrogen and oxygen atoms in total. The van der Waals surface area contributed by atoms with Crippen molar-refractivity contribution in [1.82, 2.24) is 5.01 Å². The van der Waals surface area contributed by atoms with Gasteiger partial charge in [0.25, 0.3) is 5.91 Å². The topological polar surface area (TPSA) is 162 Å². The Bertz CT molecular complexity index is 1010. The molecule has 3 rings (SSSR count). The molecule has 1 fully saturated rings. The fourth-order valence-corrected chi connectivity index (χ4v) is 4.67. The highest BCUT2D eigenvalue weighted by atomic mass is 16.8. The summed E-state index contributed by atoms with van der Waals surface area (Å²) >= 11 is 0. The van der Waals surface area contributed by atoms with E-state index in [1.54, 1.807) is 20.8 Å². The van der Waals surface area contributed by atoms with Gasteiger partial charge in [-0.3, -0.25) is 4.79 Å². The number of amides is 1. The summed E-state index contributed by atoms with van der Waals surface area (Å²) in [5.41, 5.74) is 0.948. The highest BCUT2D eigenvalue weighted by molar-refractivity contribution is 6.25. The van der Waals surface area contributed by atoms with E-state index in [1.807, 2.05) is 27.7 Å². The van der Waals surface area contributed by atoms with Crippen LogP contribution in [0.5, 0.6) is 0 Å². The molecule has 11 heteroatoms. The second-order valence-corrected chi connectivity index (χ2v) is 9.16. The molecular formula is C21H28N8O3. The van der Waals surface area contributed by atoms with E-state index in [9.17, 15) is 15.3 Å². The van der Waals surface area contributed by atoms with E-state index in [0.717, 1.165) is 0 Å². The second kappa shape index (κ2) is 7.30.